The maximum Gasteiger partial charge on any atom is 0.0897 e. The number of nitrogens with one attached hydrogen (secondary N) is 1. The highest BCUT2D eigenvalue weighted by Crippen LogP contribution is 2.22. The van der Waals surface area contributed by atoms with E-state index in [2.05, 4.69) is 34.2 Å². The van der Waals surface area contributed by atoms with Crippen LogP contribution in [-0.2, 0) is 9.47 Å². The number of aliphatic hydroxyl groups excluding tert-OH is 1. The fourth-order valence-corrected chi connectivity index (χ4v) is 2.50. The van der Waals surface area contributed by atoms with Gasteiger partial charge in [0, 0.05) is 17.1 Å². The van der Waals surface area contributed by atoms with Gasteiger partial charge in [-0.3, -0.25) is 0 Å². The Hall–Kier alpha value is -0.460. The van der Waals surface area contributed by atoms with E-state index in [-0.39, 0.29) is 12.1 Å². The van der Waals surface area contributed by atoms with Crippen molar-refractivity contribution >= 4 is 15.9 Å². The van der Waals surface area contributed by atoms with Crippen LogP contribution in [0.25, 0.3) is 0 Å². The number of hydrogen-bond donors (Lipinski definition) is 2. The van der Waals surface area contributed by atoms with Gasteiger partial charge in [0.2, 0.25) is 0 Å². The van der Waals surface area contributed by atoms with Crippen LogP contribution in [0.5, 0.6) is 0 Å². The molecule has 4 nitrogen and oxygen atoms in total. The summed E-state index contributed by atoms with van der Waals surface area (Å²) in [5.74, 6) is 0. The second kappa shape index (κ2) is 10.3. The standard InChI is InChI=1S/C16H26BrNO3/c1-12(2)21-9-8-20-11-14(19)10-18-13(3)15-6-4-5-7-16(15)17/h4-7,12-14,18-19H,8-11H2,1-3H3/t13-,14?/m1/s1. The number of halogens is 1. The van der Waals surface area contributed by atoms with Gasteiger partial charge >= 0.3 is 0 Å². The lowest BCUT2D eigenvalue weighted by Crippen LogP contribution is -2.32. The van der Waals surface area contributed by atoms with Crippen molar-refractivity contribution in [3.8, 4) is 0 Å². The predicted molar refractivity (Wildman–Crippen MR) is 88.5 cm³/mol. The summed E-state index contributed by atoms with van der Waals surface area (Å²) in [6.45, 7) is 7.93. The van der Waals surface area contributed by atoms with E-state index in [0.29, 0.717) is 26.4 Å². The first kappa shape index (κ1) is 18.6. The number of ether oxygens (including phenoxy) is 2. The molecule has 0 aromatic heterocycles. The second-order valence-corrected chi connectivity index (χ2v) is 6.15. The van der Waals surface area contributed by atoms with Crippen molar-refractivity contribution in [1.29, 1.82) is 0 Å². The van der Waals surface area contributed by atoms with Crippen LogP contribution in [-0.4, -0.2) is 43.7 Å². The maximum absolute atomic E-state index is 9.88. The van der Waals surface area contributed by atoms with Gasteiger partial charge in [-0.15, -0.1) is 0 Å². The van der Waals surface area contributed by atoms with Crippen molar-refractivity contribution in [2.24, 2.45) is 0 Å². The normalized spacial score (nSPS) is 14.4. The first-order valence-corrected chi connectivity index (χ1v) is 8.15. The van der Waals surface area contributed by atoms with Crippen LogP contribution in [0.15, 0.2) is 28.7 Å². The van der Waals surface area contributed by atoms with Gasteiger partial charge in [-0.05, 0) is 32.4 Å². The first-order chi connectivity index (χ1) is 10.0. The van der Waals surface area contributed by atoms with Crippen LogP contribution < -0.4 is 5.32 Å². The molecule has 0 spiro atoms. The van der Waals surface area contributed by atoms with Gasteiger partial charge in [0.05, 0.1) is 32.0 Å². The summed E-state index contributed by atoms with van der Waals surface area (Å²) >= 11 is 3.53. The predicted octanol–water partition coefficient (Wildman–Crippen LogP) is 2.90. The van der Waals surface area contributed by atoms with Gasteiger partial charge in [0.25, 0.3) is 0 Å². The molecule has 0 saturated carbocycles. The lowest BCUT2D eigenvalue weighted by Gasteiger charge is -2.18. The molecule has 0 heterocycles. The molecule has 1 aromatic rings. The quantitative estimate of drug-likeness (QED) is 0.630. The van der Waals surface area contributed by atoms with Gasteiger partial charge in [0.1, 0.15) is 0 Å². The average Bonchev–Trinajstić information content (AvgIpc) is 2.44. The lowest BCUT2D eigenvalue weighted by atomic mass is 10.1. The summed E-state index contributed by atoms with van der Waals surface area (Å²) < 4.78 is 11.8. The Kier molecular flexibility index (Phi) is 9.11. The Labute approximate surface area is 136 Å². The molecule has 21 heavy (non-hydrogen) atoms. The van der Waals surface area contributed by atoms with Crippen molar-refractivity contribution in [3.05, 3.63) is 34.3 Å². The molecule has 0 saturated heterocycles. The third-order valence-electron chi connectivity index (χ3n) is 3.02. The van der Waals surface area contributed by atoms with E-state index in [1.165, 1.54) is 5.56 Å². The first-order valence-electron chi connectivity index (χ1n) is 7.36. The number of aliphatic hydroxyl groups is 1. The van der Waals surface area contributed by atoms with Crippen LogP contribution >= 0.6 is 15.9 Å². The SMILES string of the molecule is CC(C)OCCOCC(O)CN[C@H](C)c1ccccc1Br. The van der Waals surface area contributed by atoms with Gasteiger partial charge in [0.15, 0.2) is 0 Å². The third kappa shape index (κ3) is 7.93. The largest absolute Gasteiger partial charge is 0.389 e. The fraction of sp³-hybridized carbons (Fsp3) is 0.625. The van der Waals surface area contributed by atoms with E-state index in [1.807, 2.05) is 32.0 Å². The summed E-state index contributed by atoms with van der Waals surface area (Å²) in [6, 6.07) is 8.24. The van der Waals surface area contributed by atoms with E-state index in [4.69, 9.17) is 9.47 Å². The van der Waals surface area contributed by atoms with Crippen molar-refractivity contribution in [2.75, 3.05) is 26.4 Å². The molecule has 5 heteroatoms. The van der Waals surface area contributed by atoms with E-state index in [0.717, 1.165) is 4.47 Å². The molecule has 1 aromatic carbocycles. The minimum atomic E-state index is -0.519. The lowest BCUT2D eigenvalue weighted by molar-refractivity contribution is -0.0104. The molecule has 0 bridgehead atoms. The minimum absolute atomic E-state index is 0.166. The molecular weight excluding hydrogens is 334 g/mol. The Balaban J connectivity index is 2.18. The highest BCUT2D eigenvalue weighted by molar-refractivity contribution is 9.10. The number of rotatable bonds is 10. The van der Waals surface area contributed by atoms with Crippen LogP contribution in [0.2, 0.25) is 0 Å². The van der Waals surface area contributed by atoms with Crippen molar-refractivity contribution in [2.45, 2.75) is 39.0 Å². The van der Waals surface area contributed by atoms with Gasteiger partial charge < -0.3 is 19.9 Å². The Morgan fingerprint density at radius 1 is 1.19 bits per heavy atom. The van der Waals surface area contributed by atoms with Gasteiger partial charge in [-0.1, -0.05) is 34.1 Å². The van der Waals surface area contributed by atoms with E-state index in [9.17, 15) is 5.11 Å². The number of hydrogen-bond acceptors (Lipinski definition) is 4. The van der Waals surface area contributed by atoms with Crippen molar-refractivity contribution in [1.82, 2.24) is 5.32 Å². The molecule has 0 aliphatic heterocycles. The Morgan fingerprint density at radius 3 is 2.57 bits per heavy atom. The van der Waals surface area contributed by atoms with E-state index < -0.39 is 6.10 Å². The molecule has 0 fully saturated rings. The molecule has 120 valence electrons. The highest BCUT2D eigenvalue weighted by atomic mass is 79.9. The number of benzene rings is 1. The third-order valence-corrected chi connectivity index (χ3v) is 3.74. The molecule has 1 rings (SSSR count). The molecule has 0 radical (unpaired) electrons. The van der Waals surface area contributed by atoms with Crippen LogP contribution in [0.1, 0.15) is 32.4 Å². The monoisotopic (exact) mass is 359 g/mol. The summed E-state index contributed by atoms with van der Waals surface area (Å²) in [7, 11) is 0. The highest BCUT2D eigenvalue weighted by Gasteiger charge is 2.11. The fourth-order valence-electron chi connectivity index (χ4n) is 1.87. The van der Waals surface area contributed by atoms with Crippen LogP contribution in [0.3, 0.4) is 0 Å². The molecule has 0 aliphatic carbocycles. The molecular formula is C16H26BrNO3. The molecule has 0 aliphatic rings. The second-order valence-electron chi connectivity index (χ2n) is 5.30. The summed E-state index contributed by atoms with van der Waals surface area (Å²) in [6.07, 6.45) is -0.306. The van der Waals surface area contributed by atoms with Gasteiger partial charge in [-0.2, -0.15) is 0 Å². The summed E-state index contributed by atoms with van der Waals surface area (Å²) in [4.78, 5) is 0. The van der Waals surface area contributed by atoms with Crippen molar-refractivity contribution in [3.63, 3.8) is 0 Å². The summed E-state index contributed by atoms with van der Waals surface area (Å²) in [5.41, 5.74) is 1.18. The van der Waals surface area contributed by atoms with Gasteiger partial charge in [-0.25, -0.2) is 0 Å². The Bertz CT molecular complexity index is 401. The zero-order valence-corrected chi connectivity index (χ0v) is 14.6. The molecule has 2 N–H and O–H groups in total. The van der Waals surface area contributed by atoms with Crippen molar-refractivity contribution < 1.29 is 14.6 Å². The molecule has 1 unspecified atom stereocenters. The summed E-state index contributed by atoms with van der Waals surface area (Å²) in [5, 5.41) is 13.2. The van der Waals surface area contributed by atoms with E-state index >= 15 is 0 Å². The van der Waals surface area contributed by atoms with Crippen LogP contribution in [0.4, 0.5) is 0 Å². The minimum Gasteiger partial charge on any atom is -0.389 e. The zero-order chi connectivity index (χ0) is 15.7. The Morgan fingerprint density at radius 2 is 1.90 bits per heavy atom. The average molecular weight is 360 g/mol. The topological polar surface area (TPSA) is 50.7 Å². The molecule has 0 amide bonds. The van der Waals surface area contributed by atoms with E-state index in [1.54, 1.807) is 0 Å². The maximum atomic E-state index is 9.88. The van der Waals surface area contributed by atoms with Crippen LogP contribution in [0, 0.1) is 0 Å². The smallest absolute Gasteiger partial charge is 0.0897 e. The molecule has 2 atom stereocenters. The zero-order valence-electron chi connectivity index (χ0n) is 13.0.